The molecule has 1 atom stereocenters. The summed E-state index contributed by atoms with van der Waals surface area (Å²) in [4.78, 5) is 19.0. The van der Waals surface area contributed by atoms with E-state index in [-0.39, 0.29) is 11.8 Å². The third-order valence-corrected chi connectivity index (χ3v) is 6.73. The molecule has 0 fully saturated rings. The molecular weight excluding hydrogens is 392 g/mol. The quantitative estimate of drug-likeness (QED) is 0.564. The van der Waals surface area contributed by atoms with Crippen molar-refractivity contribution in [2.45, 2.75) is 32.9 Å². The molecule has 0 radical (unpaired) electrons. The summed E-state index contributed by atoms with van der Waals surface area (Å²) in [5.41, 5.74) is 4.87. The molecule has 5 nitrogen and oxygen atoms in total. The van der Waals surface area contributed by atoms with Crippen LogP contribution in [0.4, 0.5) is 5.82 Å². The molecule has 0 spiro atoms. The summed E-state index contributed by atoms with van der Waals surface area (Å²) in [6.07, 6.45) is 3.55. The molecule has 2 aromatic heterocycles. The first-order chi connectivity index (χ1) is 14.4. The number of thiophene rings is 1. The Kier molecular flexibility index (Phi) is 5.52. The van der Waals surface area contributed by atoms with Gasteiger partial charge in [0.1, 0.15) is 0 Å². The number of fused-ring (bicyclic) bond motifs is 1. The van der Waals surface area contributed by atoms with Crippen molar-refractivity contribution in [1.29, 1.82) is 0 Å². The fourth-order valence-electron chi connectivity index (χ4n) is 4.26. The van der Waals surface area contributed by atoms with Gasteiger partial charge in [-0.15, -0.1) is 11.3 Å². The maximum Gasteiger partial charge on any atom is 0.246 e. The summed E-state index contributed by atoms with van der Waals surface area (Å²) < 4.78 is 1.98. The zero-order valence-corrected chi connectivity index (χ0v) is 18.9. The third-order valence-electron chi connectivity index (χ3n) is 5.68. The Morgan fingerprint density at radius 2 is 2.07 bits per heavy atom. The van der Waals surface area contributed by atoms with Crippen LogP contribution < -0.4 is 4.90 Å². The van der Waals surface area contributed by atoms with E-state index in [2.05, 4.69) is 61.9 Å². The lowest BCUT2D eigenvalue weighted by atomic mass is 9.84. The van der Waals surface area contributed by atoms with E-state index < -0.39 is 0 Å². The van der Waals surface area contributed by atoms with Gasteiger partial charge in [-0.25, -0.2) is 0 Å². The van der Waals surface area contributed by atoms with Gasteiger partial charge in [0.25, 0.3) is 0 Å². The molecule has 0 bridgehead atoms. The van der Waals surface area contributed by atoms with Gasteiger partial charge in [-0.3, -0.25) is 9.48 Å². The van der Waals surface area contributed by atoms with E-state index in [1.54, 1.807) is 11.3 Å². The van der Waals surface area contributed by atoms with Gasteiger partial charge in [0.2, 0.25) is 5.91 Å². The summed E-state index contributed by atoms with van der Waals surface area (Å²) in [5.74, 6) is 1.07. The van der Waals surface area contributed by atoms with Crippen LogP contribution in [-0.2, 0) is 17.9 Å². The second-order valence-electron chi connectivity index (χ2n) is 7.91. The topological polar surface area (TPSA) is 41.4 Å². The summed E-state index contributed by atoms with van der Waals surface area (Å²) in [6, 6.07) is 10.8. The van der Waals surface area contributed by atoms with Crippen LogP contribution in [0.15, 0.2) is 49.2 Å². The third kappa shape index (κ3) is 3.56. The van der Waals surface area contributed by atoms with E-state index in [1.165, 1.54) is 32.5 Å². The van der Waals surface area contributed by atoms with Crippen LogP contribution in [-0.4, -0.2) is 41.2 Å². The maximum absolute atomic E-state index is 12.5. The van der Waals surface area contributed by atoms with E-state index in [1.807, 2.05) is 23.7 Å². The first-order valence-electron chi connectivity index (χ1n) is 10.3. The Balaban J connectivity index is 1.87. The highest BCUT2D eigenvalue weighted by Gasteiger charge is 2.32. The van der Waals surface area contributed by atoms with Crippen molar-refractivity contribution in [3.8, 4) is 11.1 Å². The summed E-state index contributed by atoms with van der Waals surface area (Å²) in [5, 5.41) is 4.76. The predicted octanol–water partition coefficient (Wildman–Crippen LogP) is 4.67. The lowest BCUT2D eigenvalue weighted by molar-refractivity contribution is -0.127. The van der Waals surface area contributed by atoms with Crippen molar-refractivity contribution < 1.29 is 4.79 Å². The molecule has 30 heavy (non-hydrogen) atoms. The Bertz CT molecular complexity index is 1090. The smallest absolute Gasteiger partial charge is 0.246 e. The molecule has 4 rings (SSSR count). The fourth-order valence-corrected chi connectivity index (χ4v) is 5.37. The zero-order valence-electron chi connectivity index (χ0n) is 18.1. The van der Waals surface area contributed by atoms with Gasteiger partial charge in [0.15, 0.2) is 5.82 Å². The number of carbonyl (C=O) groups excluding carboxylic acids is 1. The zero-order chi connectivity index (χ0) is 21.4. The van der Waals surface area contributed by atoms with Crippen molar-refractivity contribution in [3.05, 3.63) is 70.1 Å². The van der Waals surface area contributed by atoms with Crippen LogP contribution in [0.1, 0.15) is 33.7 Å². The second kappa shape index (κ2) is 8.11. The number of anilines is 1. The van der Waals surface area contributed by atoms with Crippen molar-refractivity contribution >= 4 is 23.1 Å². The molecule has 0 saturated carbocycles. The molecule has 1 aliphatic rings. The molecular formula is C24H28N4OS. The number of hydrogen-bond acceptors (Lipinski definition) is 4. The Hall–Kier alpha value is -2.86. The van der Waals surface area contributed by atoms with Gasteiger partial charge in [-0.1, -0.05) is 30.8 Å². The predicted molar refractivity (Wildman–Crippen MR) is 124 cm³/mol. The second-order valence-corrected chi connectivity index (χ2v) is 9.26. The number of carbonyl (C=O) groups is 1. The standard InChI is InChI=1S/C24H28N4OS/c1-6-23(29)27-13-20(19-12-16(3)30-22(19)15-27)17-10-8-9-11-18(17)21-14-28(7-2)25-24(21)26(4)5/h6,8-12,14,20H,1,7,13,15H2,2-5H3. The van der Waals surface area contributed by atoms with Crippen LogP contribution in [0.25, 0.3) is 11.1 Å². The molecule has 156 valence electrons. The highest BCUT2D eigenvalue weighted by Crippen LogP contribution is 2.43. The molecule has 0 aliphatic carbocycles. The molecule has 3 aromatic rings. The Morgan fingerprint density at radius 3 is 2.77 bits per heavy atom. The van der Waals surface area contributed by atoms with Crippen molar-refractivity contribution in [2.75, 3.05) is 25.5 Å². The molecule has 1 amide bonds. The van der Waals surface area contributed by atoms with E-state index in [0.29, 0.717) is 13.1 Å². The van der Waals surface area contributed by atoms with Crippen LogP contribution in [0.5, 0.6) is 0 Å². The average molecular weight is 421 g/mol. The van der Waals surface area contributed by atoms with Crippen molar-refractivity contribution in [1.82, 2.24) is 14.7 Å². The molecule has 0 N–H and O–H groups in total. The minimum atomic E-state index is -0.0121. The first kappa shape index (κ1) is 20.4. The molecule has 1 unspecified atom stereocenters. The molecule has 6 heteroatoms. The summed E-state index contributed by atoms with van der Waals surface area (Å²) in [6.45, 7) is 10.1. The average Bonchev–Trinajstić information content (AvgIpc) is 3.35. The van der Waals surface area contributed by atoms with Crippen LogP contribution in [0.3, 0.4) is 0 Å². The minimum Gasteiger partial charge on any atom is -0.361 e. The lowest BCUT2D eigenvalue weighted by Crippen LogP contribution is -2.37. The number of aryl methyl sites for hydroxylation is 2. The van der Waals surface area contributed by atoms with E-state index >= 15 is 0 Å². The van der Waals surface area contributed by atoms with Gasteiger partial charge in [0.05, 0.1) is 6.54 Å². The SMILES string of the molecule is C=CC(=O)N1Cc2sc(C)cc2C(c2ccccc2-c2cn(CC)nc2N(C)C)C1. The number of amides is 1. The lowest BCUT2D eigenvalue weighted by Gasteiger charge is -2.33. The van der Waals surface area contributed by atoms with E-state index in [0.717, 1.165) is 17.9 Å². The van der Waals surface area contributed by atoms with Gasteiger partial charge in [0, 0.05) is 54.6 Å². The molecule has 1 aromatic carbocycles. The van der Waals surface area contributed by atoms with Crippen LogP contribution in [0, 0.1) is 6.92 Å². The molecule has 3 heterocycles. The summed E-state index contributed by atoms with van der Waals surface area (Å²) in [7, 11) is 4.06. The normalized spacial score (nSPS) is 15.7. The van der Waals surface area contributed by atoms with Crippen molar-refractivity contribution in [2.24, 2.45) is 0 Å². The Morgan fingerprint density at radius 1 is 1.30 bits per heavy atom. The largest absolute Gasteiger partial charge is 0.361 e. The van der Waals surface area contributed by atoms with Gasteiger partial charge < -0.3 is 9.80 Å². The number of hydrogen-bond donors (Lipinski definition) is 0. The van der Waals surface area contributed by atoms with Gasteiger partial charge in [-0.05, 0) is 42.7 Å². The minimum absolute atomic E-state index is 0.0121. The van der Waals surface area contributed by atoms with E-state index in [9.17, 15) is 4.79 Å². The molecule has 1 aliphatic heterocycles. The fraction of sp³-hybridized carbons (Fsp3) is 0.333. The Labute approximate surface area is 182 Å². The van der Waals surface area contributed by atoms with Gasteiger partial charge >= 0.3 is 0 Å². The van der Waals surface area contributed by atoms with Crippen LogP contribution in [0.2, 0.25) is 0 Å². The number of aromatic nitrogens is 2. The maximum atomic E-state index is 12.5. The highest BCUT2D eigenvalue weighted by atomic mass is 32.1. The first-order valence-corrected chi connectivity index (χ1v) is 11.1. The number of rotatable bonds is 5. The summed E-state index contributed by atoms with van der Waals surface area (Å²) >= 11 is 1.78. The number of benzene rings is 1. The monoisotopic (exact) mass is 420 g/mol. The van der Waals surface area contributed by atoms with Crippen molar-refractivity contribution in [3.63, 3.8) is 0 Å². The van der Waals surface area contributed by atoms with Crippen LogP contribution >= 0.6 is 11.3 Å². The van der Waals surface area contributed by atoms with Gasteiger partial charge in [-0.2, -0.15) is 5.10 Å². The molecule has 0 saturated heterocycles. The van der Waals surface area contributed by atoms with E-state index in [4.69, 9.17) is 5.10 Å². The highest BCUT2D eigenvalue weighted by molar-refractivity contribution is 7.12. The number of nitrogens with zero attached hydrogens (tertiary/aromatic N) is 4.